The van der Waals surface area contributed by atoms with Gasteiger partial charge in [-0.3, -0.25) is 10.1 Å². The Kier molecular flexibility index (Phi) is 5.23. The van der Waals surface area contributed by atoms with Crippen LogP contribution < -0.4 is 10.6 Å². The molecule has 2 aromatic rings. The normalized spacial score (nSPS) is 10.4. The second kappa shape index (κ2) is 7.15. The molecule has 0 aromatic heterocycles. The van der Waals surface area contributed by atoms with E-state index in [-0.39, 0.29) is 5.11 Å². The van der Waals surface area contributed by atoms with E-state index in [4.69, 9.17) is 12.2 Å². The third kappa shape index (κ3) is 4.46. The van der Waals surface area contributed by atoms with Crippen molar-refractivity contribution in [3.05, 3.63) is 64.0 Å². The van der Waals surface area contributed by atoms with Gasteiger partial charge in [-0.1, -0.05) is 26.0 Å². The van der Waals surface area contributed by atoms with Crippen LogP contribution in [0.5, 0.6) is 0 Å². The van der Waals surface area contributed by atoms with Crippen LogP contribution in [0.15, 0.2) is 42.5 Å². The Morgan fingerprint density at radius 3 is 2.26 bits per heavy atom. The van der Waals surface area contributed by atoms with Gasteiger partial charge in [-0.25, -0.2) is 0 Å². The lowest BCUT2D eigenvalue weighted by Gasteiger charge is -2.12. The second-order valence-electron chi connectivity index (χ2n) is 5.28. The number of nitro groups is 1. The molecule has 0 fully saturated rings. The Hall–Kier alpha value is -2.54. The Morgan fingerprint density at radius 1 is 1.13 bits per heavy atom. The largest absolute Gasteiger partial charge is 0.332 e. The molecule has 0 spiro atoms. The van der Waals surface area contributed by atoms with Crippen LogP contribution in [0.1, 0.15) is 25.3 Å². The molecule has 2 aromatic carbocycles. The van der Waals surface area contributed by atoms with Crippen molar-refractivity contribution in [2.24, 2.45) is 0 Å². The molecule has 0 radical (unpaired) electrons. The predicted octanol–water partition coefficient (Wildman–Crippen LogP) is 4.67. The van der Waals surface area contributed by atoms with Crippen molar-refractivity contribution in [3.8, 4) is 0 Å². The molecule has 0 atom stereocenters. The molecule has 0 bridgehead atoms. The lowest BCUT2D eigenvalue weighted by molar-refractivity contribution is -0.387. The fraction of sp³-hybridized carbons (Fsp3) is 0.188. The highest BCUT2D eigenvalue weighted by Crippen LogP contribution is 2.22. The molecule has 0 aliphatic carbocycles. The van der Waals surface area contributed by atoms with Crippen molar-refractivity contribution >= 4 is 34.4 Å². The van der Waals surface area contributed by atoms with Gasteiger partial charge in [0.15, 0.2) is 5.11 Å². The van der Waals surface area contributed by atoms with Gasteiger partial charge in [0.05, 0.1) is 4.92 Å². The van der Waals surface area contributed by atoms with Gasteiger partial charge in [0.2, 0.25) is 5.82 Å². The first-order valence-corrected chi connectivity index (χ1v) is 7.39. The third-order valence-corrected chi connectivity index (χ3v) is 3.44. The summed E-state index contributed by atoms with van der Waals surface area (Å²) in [6.45, 7) is 4.21. The van der Waals surface area contributed by atoms with Crippen molar-refractivity contribution in [2.75, 3.05) is 10.6 Å². The summed E-state index contributed by atoms with van der Waals surface area (Å²) in [7, 11) is 0. The Labute approximate surface area is 138 Å². The Bertz CT molecular complexity index is 733. The summed E-state index contributed by atoms with van der Waals surface area (Å²) in [6, 6.07) is 11.3. The highest BCUT2D eigenvalue weighted by atomic mass is 32.1. The average molecular weight is 333 g/mol. The van der Waals surface area contributed by atoms with Gasteiger partial charge in [-0.2, -0.15) is 4.39 Å². The number of thiocarbonyl (C=S) groups is 1. The van der Waals surface area contributed by atoms with Gasteiger partial charge < -0.3 is 10.6 Å². The Balaban J connectivity index is 2.05. The van der Waals surface area contributed by atoms with E-state index in [0.717, 1.165) is 17.8 Å². The van der Waals surface area contributed by atoms with Crippen molar-refractivity contribution in [3.63, 3.8) is 0 Å². The van der Waals surface area contributed by atoms with Crippen LogP contribution in [0.3, 0.4) is 0 Å². The van der Waals surface area contributed by atoms with E-state index in [2.05, 4.69) is 24.5 Å². The lowest BCUT2D eigenvalue weighted by Crippen LogP contribution is -2.19. The van der Waals surface area contributed by atoms with Crippen molar-refractivity contribution in [1.82, 2.24) is 0 Å². The maximum absolute atomic E-state index is 13.3. The van der Waals surface area contributed by atoms with Gasteiger partial charge >= 0.3 is 5.69 Å². The SMILES string of the molecule is CC(C)c1ccc(NC(=S)Nc2ccc(F)c([N+](=O)[O-])c2)cc1. The highest BCUT2D eigenvalue weighted by molar-refractivity contribution is 7.80. The fourth-order valence-electron chi connectivity index (χ4n) is 1.98. The molecule has 0 saturated heterocycles. The molecule has 0 aliphatic heterocycles. The zero-order valence-electron chi connectivity index (χ0n) is 12.7. The van der Waals surface area contributed by atoms with Crippen LogP contribution in [0.4, 0.5) is 21.5 Å². The molecule has 0 saturated carbocycles. The first kappa shape index (κ1) is 16.8. The summed E-state index contributed by atoms with van der Waals surface area (Å²) >= 11 is 5.16. The smallest absolute Gasteiger partial charge is 0.306 e. The minimum absolute atomic E-state index is 0.267. The summed E-state index contributed by atoms with van der Waals surface area (Å²) in [5.74, 6) is -0.447. The van der Waals surface area contributed by atoms with Gasteiger partial charge in [0.25, 0.3) is 0 Å². The number of hydrogen-bond acceptors (Lipinski definition) is 3. The number of hydrogen-bond donors (Lipinski definition) is 2. The van der Waals surface area contributed by atoms with Crippen LogP contribution in [0, 0.1) is 15.9 Å². The summed E-state index contributed by atoms with van der Waals surface area (Å²) < 4.78 is 13.3. The summed E-state index contributed by atoms with van der Waals surface area (Å²) in [5.41, 5.74) is 1.75. The third-order valence-electron chi connectivity index (χ3n) is 3.24. The van der Waals surface area contributed by atoms with Crippen LogP contribution in [0.2, 0.25) is 0 Å². The highest BCUT2D eigenvalue weighted by Gasteiger charge is 2.14. The summed E-state index contributed by atoms with van der Waals surface area (Å²) in [4.78, 5) is 9.95. The first-order valence-electron chi connectivity index (χ1n) is 6.98. The number of halogens is 1. The maximum atomic E-state index is 13.3. The number of rotatable bonds is 4. The zero-order valence-corrected chi connectivity index (χ0v) is 13.5. The minimum Gasteiger partial charge on any atom is -0.332 e. The Morgan fingerprint density at radius 2 is 1.70 bits per heavy atom. The monoisotopic (exact) mass is 333 g/mol. The standard InChI is InChI=1S/C16H16FN3O2S/c1-10(2)11-3-5-12(6-4-11)18-16(23)19-13-7-8-14(17)15(9-13)20(21)22/h3-10H,1-2H3,(H2,18,19,23). The molecule has 120 valence electrons. The van der Waals surface area contributed by atoms with E-state index >= 15 is 0 Å². The van der Waals surface area contributed by atoms with E-state index in [1.807, 2.05) is 24.3 Å². The summed E-state index contributed by atoms with van der Waals surface area (Å²) in [6.07, 6.45) is 0. The van der Waals surface area contributed by atoms with E-state index in [1.54, 1.807) is 0 Å². The first-order chi connectivity index (χ1) is 10.9. The average Bonchev–Trinajstić information content (AvgIpc) is 2.49. The molecular weight excluding hydrogens is 317 g/mol. The van der Waals surface area contributed by atoms with E-state index in [9.17, 15) is 14.5 Å². The van der Waals surface area contributed by atoms with Crippen LogP contribution in [0.25, 0.3) is 0 Å². The number of anilines is 2. The molecule has 0 aliphatic rings. The molecular formula is C16H16FN3O2S. The van der Waals surface area contributed by atoms with Gasteiger partial charge in [-0.15, -0.1) is 0 Å². The topological polar surface area (TPSA) is 67.2 Å². The molecule has 0 unspecified atom stereocenters. The van der Waals surface area contributed by atoms with Crippen molar-refractivity contribution < 1.29 is 9.31 Å². The van der Waals surface area contributed by atoms with Gasteiger partial charge in [-0.05, 0) is 48.0 Å². The molecule has 0 heterocycles. The van der Waals surface area contributed by atoms with Crippen LogP contribution in [-0.2, 0) is 0 Å². The van der Waals surface area contributed by atoms with Crippen molar-refractivity contribution in [1.29, 1.82) is 0 Å². The number of nitrogens with one attached hydrogen (secondary N) is 2. The van der Waals surface area contributed by atoms with Gasteiger partial charge in [0, 0.05) is 17.4 Å². The minimum atomic E-state index is -0.885. The number of benzene rings is 2. The lowest BCUT2D eigenvalue weighted by atomic mass is 10.0. The zero-order chi connectivity index (χ0) is 17.0. The van der Waals surface area contributed by atoms with E-state index in [0.29, 0.717) is 11.6 Å². The molecule has 2 rings (SSSR count). The molecule has 23 heavy (non-hydrogen) atoms. The number of nitro benzene ring substituents is 1. The van der Waals surface area contributed by atoms with E-state index in [1.165, 1.54) is 11.6 Å². The predicted molar refractivity (Wildman–Crippen MR) is 93.4 cm³/mol. The molecule has 5 nitrogen and oxygen atoms in total. The maximum Gasteiger partial charge on any atom is 0.306 e. The molecule has 7 heteroatoms. The fourth-order valence-corrected chi connectivity index (χ4v) is 2.21. The molecule has 2 N–H and O–H groups in total. The molecule has 0 amide bonds. The van der Waals surface area contributed by atoms with Crippen LogP contribution in [-0.4, -0.2) is 10.0 Å². The quantitative estimate of drug-likeness (QED) is 0.484. The second-order valence-corrected chi connectivity index (χ2v) is 5.69. The van der Waals surface area contributed by atoms with Crippen molar-refractivity contribution in [2.45, 2.75) is 19.8 Å². The van der Waals surface area contributed by atoms with Gasteiger partial charge in [0.1, 0.15) is 0 Å². The van der Waals surface area contributed by atoms with Crippen LogP contribution >= 0.6 is 12.2 Å². The number of nitrogens with zero attached hydrogens (tertiary/aromatic N) is 1. The van der Waals surface area contributed by atoms with E-state index < -0.39 is 16.4 Å². The summed E-state index contributed by atoms with van der Waals surface area (Å²) in [5, 5.41) is 16.8.